The van der Waals surface area contributed by atoms with Crippen molar-refractivity contribution in [2.75, 3.05) is 19.9 Å². The molecule has 0 saturated carbocycles. The minimum atomic E-state index is -0.965. The van der Waals surface area contributed by atoms with E-state index in [4.69, 9.17) is 9.47 Å². The lowest BCUT2D eigenvalue weighted by molar-refractivity contribution is -0.140. The van der Waals surface area contributed by atoms with Crippen LogP contribution in [0.5, 0.6) is 0 Å². The van der Waals surface area contributed by atoms with Crippen molar-refractivity contribution >= 4 is 23.7 Å². The molecule has 0 aromatic carbocycles. The molecule has 0 bridgehead atoms. The maximum Gasteiger partial charge on any atom is 0.407 e. The van der Waals surface area contributed by atoms with Gasteiger partial charge in [-0.2, -0.15) is 0 Å². The van der Waals surface area contributed by atoms with Gasteiger partial charge < -0.3 is 25.4 Å². The molecular formula is C18H31N3O6. The van der Waals surface area contributed by atoms with Gasteiger partial charge in [0.2, 0.25) is 11.7 Å². The quantitative estimate of drug-likeness (QED) is 0.599. The number of carbonyl (C=O) groups is 4. The fourth-order valence-corrected chi connectivity index (χ4v) is 2.34. The standard InChI is InChI=1S/C18H31N3O6/c1-11(2)13(21-17(25)27-9-18(3,4)5)15(23)20-12-7-6-8-26-10-19-16(24)14(12)22/h11-13H,6-10H2,1-5H3,(H,19,24)(H,20,23)(H,21,25). The monoisotopic (exact) mass is 385 g/mol. The average Bonchev–Trinajstić information content (AvgIpc) is 2.63. The molecule has 0 aromatic heterocycles. The van der Waals surface area contributed by atoms with E-state index in [0.29, 0.717) is 13.0 Å². The first kappa shape index (κ1) is 22.9. The Morgan fingerprint density at radius 2 is 1.96 bits per heavy atom. The number of hydrogen-bond acceptors (Lipinski definition) is 6. The number of rotatable bonds is 5. The van der Waals surface area contributed by atoms with E-state index in [1.165, 1.54) is 0 Å². The minimum absolute atomic E-state index is 0.0406. The van der Waals surface area contributed by atoms with Crippen molar-refractivity contribution < 1.29 is 28.7 Å². The first-order valence-electron chi connectivity index (χ1n) is 9.14. The van der Waals surface area contributed by atoms with Crippen LogP contribution >= 0.6 is 0 Å². The van der Waals surface area contributed by atoms with Gasteiger partial charge in [0.25, 0.3) is 5.91 Å². The van der Waals surface area contributed by atoms with Crippen LogP contribution in [-0.4, -0.2) is 55.7 Å². The number of Topliss-reactive ketones (excluding diaryl/α,β-unsaturated/α-hetero) is 1. The average molecular weight is 385 g/mol. The molecule has 0 spiro atoms. The van der Waals surface area contributed by atoms with Gasteiger partial charge >= 0.3 is 6.09 Å². The zero-order valence-corrected chi connectivity index (χ0v) is 16.7. The number of amides is 3. The maximum absolute atomic E-state index is 12.6. The molecule has 1 aliphatic heterocycles. The molecule has 0 aromatic rings. The van der Waals surface area contributed by atoms with E-state index in [9.17, 15) is 19.2 Å². The molecule has 1 aliphatic rings. The number of alkyl carbamates (subject to hydrolysis) is 1. The molecule has 1 fully saturated rings. The largest absolute Gasteiger partial charge is 0.449 e. The van der Waals surface area contributed by atoms with Crippen LogP contribution in [-0.2, 0) is 23.9 Å². The zero-order chi connectivity index (χ0) is 20.6. The third kappa shape index (κ3) is 8.38. The third-order valence-corrected chi connectivity index (χ3v) is 3.83. The fraction of sp³-hybridized carbons (Fsp3) is 0.778. The molecule has 9 heteroatoms. The van der Waals surface area contributed by atoms with Gasteiger partial charge in [-0.3, -0.25) is 14.4 Å². The van der Waals surface area contributed by atoms with Crippen molar-refractivity contribution in [3.63, 3.8) is 0 Å². The van der Waals surface area contributed by atoms with Gasteiger partial charge in [-0.25, -0.2) is 4.79 Å². The first-order valence-corrected chi connectivity index (χ1v) is 9.14. The van der Waals surface area contributed by atoms with E-state index in [2.05, 4.69) is 16.0 Å². The molecule has 2 atom stereocenters. The van der Waals surface area contributed by atoms with Crippen molar-refractivity contribution in [1.29, 1.82) is 0 Å². The highest BCUT2D eigenvalue weighted by Gasteiger charge is 2.32. The molecule has 3 amide bonds. The van der Waals surface area contributed by atoms with Crippen molar-refractivity contribution in [3.8, 4) is 0 Å². The second-order valence-electron chi connectivity index (χ2n) is 8.13. The number of nitrogens with one attached hydrogen (secondary N) is 3. The molecule has 9 nitrogen and oxygen atoms in total. The Balaban J connectivity index is 2.73. The van der Waals surface area contributed by atoms with Gasteiger partial charge in [0.15, 0.2) is 0 Å². The van der Waals surface area contributed by atoms with Crippen LogP contribution in [0.4, 0.5) is 4.79 Å². The van der Waals surface area contributed by atoms with E-state index in [0.717, 1.165) is 0 Å². The zero-order valence-electron chi connectivity index (χ0n) is 16.7. The number of carbonyl (C=O) groups excluding carboxylic acids is 4. The van der Waals surface area contributed by atoms with Gasteiger partial charge in [-0.15, -0.1) is 0 Å². The van der Waals surface area contributed by atoms with E-state index in [1.54, 1.807) is 13.8 Å². The summed E-state index contributed by atoms with van der Waals surface area (Å²) in [5.41, 5.74) is -0.202. The summed E-state index contributed by atoms with van der Waals surface area (Å²) in [6, 6.07) is -1.86. The second kappa shape index (κ2) is 10.2. The Bertz CT molecular complexity index is 556. The lowest BCUT2D eigenvalue weighted by Gasteiger charge is -2.25. The summed E-state index contributed by atoms with van der Waals surface area (Å²) >= 11 is 0. The Hall–Kier alpha value is -2.16. The van der Waals surface area contributed by atoms with Crippen LogP contribution in [0.1, 0.15) is 47.5 Å². The van der Waals surface area contributed by atoms with Crippen LogP contribution in [0.15, 0.2) is 0 Å². The van der Waals surface area contributed by atoms with E-state index in [1.807, 2.05) is 20.8 Å². The van der Waals surface area contributed by atoms with Crippen molar-refractivity contribution in [2.24, 2.45) is 11.3 Å². The maximum atomic E-state index is 12.6. The minimum Gasteiger partial charge on any atom is -0.449 e. The molecule has 2 unspecified atom stereocenters. The Kier molecular flexibility index (Phi) is 8.68. The summed E-state index contributed by atoms with van der Waals surface area (Å²) in [7, 11) is 0. The molecule has 0 radical (unpaired) electrons. The van der Waals surface area contributed by atoms with Crippen molar-refractivity contribution in [2.45, 2.75) is 59.5 Å². The summed E-state index contributed by atoms with van der Waals surface area (Å²) in [5.74, 6) is -2.31. The number of ether oxygens (including phenoxy) is 2. The van der Waals surface area contributed by atoms with E-state index >= 15 is 0 Å². The lowest BCUT2D eigenvalue weighted by atomic mass is 9.99. The SMILES string of the molecule is CC(C)C(NC(=O)OCC(C)(C)C)C(=O)NC1CCCOCNC(=O)C1=O. The first-order chi connectivity index (χ1) is 12.5. The number of hydrogen-bond donors (Lipinski definition) is 3. The lowest BCUT2D eigenvalue weighted by Crippen LogP contribution is -2.55. The Labute approximate surface area is 159 Å². The highest BCUT2D eigenvalue weighted by Crippen LogP contribution is 2.13. The van der Waals surface area contributed by atoms with Crippen molar-refractivity contribution in [3.05, 3.63) is 0 Å². The van der Waals surface area contributed by atoms with Crippen LogP contribution < -0.4 is 16.0 Å². The Morgan fingerprint density at radius 1 is 1.30 bits per heavy atom. The highest BCUT2D eigenvalue weighted by molar-refractivity contribution is 6.38. The summed E-state index contributed by atoms with van der Waals surface area (Å²) in [6.07, 6.45) is 0.0850. The molecule has 1 rings (SSSR count). The Morgan fingerprint density at radius 3 is 2.56 bits per heavy atom. The van der Waals surface area contributed by atoms with Gasteiger partial charge in [-0.1, -0.05) is 34.6 Å². The summed E-state index contributed by atoms with van der Waals surface area (Å²) in [4.78, 5) is 48.6. The second-order valence-corrected chi connectivity index (χ2v) is 8.13. The molecule has 3 N–H and O–H groups in total. The smallest absolute Gasteiger partial charge is 0.407 e. The molecule has 1 saturated heterocycles. The van der Waals surface area contributed by atoms with Crippen LogP contribution in [0, 0.1) is 11.3 Å². The van der Waals surface area contributed by atoms with Gasteiger partial charge in [-0.05, 0) is 24.2 Å². The molecule has 27 heavy (non-hydrogen) atoms. The molecular weight excluding hydrogens is 354 g/mol. The molecule has 0 aliphatic carbocycles. The number of ketones is 1. The summed E-state index contributed by atoms with van der Waals surface area (Å²) in [6.45, 7) is 9.82. The van der Waals surface area contributed by atoms with Gasteiger partial charge in [0, 0.05) is 6.61 Å². The third-order valence-electron chi connectivity index (χ3n) is 3.83. The van der Waals surface area contributed by atoms with E-state index in [-0.39, 0.29) is 31.1 Å². The normalized spacial score (nSPS) is 20.0. The fourth-order valence-electron chi connectivity index (χ4n) is 2.34. The molecule has 154 valence electrons. The summed E-state index contributed by atoms with van der Waals surface area (Å²) < 4.78 is 10.3. The molecule has 1 heterocycles. The predicted molar refractivity (Wildman–Crippen MR) is 97.7 cm³/mol. The van der Waals surface area contributed by atoms with Gasteiger partial charge in [0.1, 0.15) is 12.8 Å². The topological polar surface area (TPSA) is 123 Å². The van der Waals surface area contributed by atoms with Gasteiger partial charge in [0.05, 0.1) is 12.6 Å². The van der Waals surface area contributed by atoms with Crippen LogP contribution in [0.2, 0.25) is 0 Å². The highest BCUT2D eigenvalue weighted by atomic mass is 16.5. The van der Waals surface area contributed by atoms with Crippen LogP contribution in [0.3, 0.4) is 0 Å². The predicted octanol–water partition coefficient (Wildman–Crippen LogP) is 0.721. The summed E-state index contributed by atoms with van der Waals surface area (Å²) in [5, 5.41) is 7.45. The van der Waals surface area contributed by atoms with Crippen LogP contribution in [0.25, 0.3) is 0 Å². The van der Waals surface area contributed by atoms with E-state index < -0.39 is 35.8 Å². The van der Waals surface area contributed by atoms with Crippen molar-refractivity contribution in [1.82, 2.24) is 16.0 Å².